The van der Waals surface area contributed by atoms with Crippen molar-refractivity contribution < 1.29 is 19.4 Å². The molecule has 1 aromatic rings. The zero-order valence-electron chi connectivity index (χ0n) is 10.5. The SMILES string of the molecule is COc1ccc(NC(=O)NCCCO)cc1OC. The minimum Gasteiger partial charge on any atom is -0.493 e. The van der Waals surface area contributed by atoms with E-state index in [0.717, 1.165) is 0 Å². The van der Waals surface area contributed by atoms with Gasteiger partial charge in [0, 0.05) is 24.9 Å². The van der Waals surface area contributed by atoms with Crippen molar-refractivity contribution in [1.29, 1.82) is 0 Å². The molecular formula is C12H18N2O4. The van der Waals surface area contributed by atoms with Gasteiger partial charge in [-0.05, 0) is 18.6 Å². The van der Waals surface area contributed by atoms with Crippen molar-refractivity contribution >= 4 is 11.7 Å². The van der Waals surface area contributed by atoms with Crippen LogP contribution in [0.15, 0.2) is 18.2 Å². The molecule has 0 heterocycles. The van der Waals surface area contributed by atoms with Gasteiger partial charge in [0.25, 0.3) is 0 Å². The molecule has 0 aliphatic heterocycles. The fourth-order valence-corrected chi connectivity index (χ4v) is 1.37. The Kier molecular flexibility index (Phi) is 5.79. The highest BCUT2D eigenvalue weighted by Crippen LogP contribution is 2.29. The van der Waals surface area contributed by atoms with E-state index < -0.39 is 0 Å². The average Bonchev–Trinajstić information content (AvgIpc) is 2.39. The Bertz CT molecular complexity index is 396. The number of carbonyl (C=O) groups excluding carboxylic acids is 1. The van der Waals surface area contributed by atoms with Crippen molar-refractivity contribution in [2.45, 2.75) is 6.42 Å². The lowest BCUT2D eigenvalue weighted by atomic mass is 10.3. The highest BCUT2D eigenvalue weighted by Gasteiger charge is 2.06. The van der Waals surface area contributed by atoms with Gasteiger partial charge in [-0.1, -0.05) is 0 Å². The molecule has 1 rings (SSSR count). The molecule has 0 saturated heterocycles. The van der Waals surface area contributed by atoms with Gasteiger partial charge in [0.1, 0.15) is 0 Å². The molecule has 0 radical (unpaired) electrons. The average molecular weight is 254 g/mol. The molecule has 0 fully saturated rings. The predicted octanol–water partition coefficient (Wildman–Crippen LogP) is 1.21. The van der Waals surface area contributed by atoms with Gasteiger partial charge >= 0.3 is 6.03 Å². The van der Waals surface area contributed by atoms with E-state index in [0.29, 0.717) is 30.2 Å². The normalized spacial score (nSPS) is 9.72. The molecule has 3 N–H and O–H groups in total. The molecule has 0 spiro atoms. The molecular weight excluding hydrogens is 236 g/mol. The summed E-state index contributed by atoms with van der Waals surface area (Å²) in [5, 5.41) is 13.9. The molecule has 100 valence electrons. The van der Waals surface area contributed by atoms with Crippen molar-refractivity contribution in [3.63, 3.8) is 0 Å². The summed E-state index contributed by atoms with van der Waals surface area (Å²) in [5.74, 6) is 1.15. The fourth-order valence-electron chi connectivity index (χ4n) is 1.37. The van der Waals surface area contributed by atoms with Crippen LogP contribution in [0.2, 0.25) is 0 Å². The van der Waals surface area contributed by atoms with E-state index in [1.807, 2.05) is 0 Å². The van der Waals surface area contributed by atoms with Crippen molar-refractivity contribution in [2.75, 3.05) is 32.7 Å². The number of urea groups is 1. The van der Waals surface area contributed by atoms with E-state index in [1.54, 1.807) is 25.3 Å². The molecule has 0 aliphatic rings. The first-order valence-corrected chi connectivity index (χ1v) is 5.59. The van der Waals surface area contributed by atoms with Crippen LogP contribution in [0.1, 0.15) is 6.42 Å². The largest absolute Gasteiger partial charge is 0.493 e. The molecule has 0 unspecified atom stereocenters. The van der Waals surface area contributed by atoms with Gasteiger partial charge in [-0.15, -0.1) is 0 Å². The zero-order chi connectivity index (χ0) is 13.4. The Balaban J connectivity index is 2.59. The predicted molar refractivity (Wildman–Crippen MR) is 68.3 cm³/mol. The van der Waals surface area contributed by atoms with Crippen molar-refractivity contribution in [1.82, 2.24) is 5.32 Å². The van der Waals surface area contributed by atoms with Gasteiger partial charge in [0.15, 0.2) is 11.5 Å². The molecule has 0 aromatic heterocycles. The van der Waals surface area contributed by atoms with Crippen LogP contribution >= 0.6 is 0 Å². The second-order valence-electron chi connectivity index (χ2n) is 3.53. The van der Waals surface area contributed by atoms with Gasteiger partial charge in [-0.3, -0.25) is 0 Å². The molecule has 18 heavy (non-hydrogen) atoms. The molecule has 0 bridgehead atoms. The number of amides is 2. The van der Waals surface area contributed by atoms with Crippen LogP contribution in [0.3, 0.4) is 0 Å². The summed E-state index contributed by atoms with van der Waals surface area (Å²) in [7, 11) is 3.08. The summed E-state index contributed by atoms with van der Waals surface area (Å²) in [5.41, 5.74) is 0.606. The van der Waals surface area contributed by atoms with Gasteiger partial charge in [-0.2, -0.15) is 0 Å². The van der Waals surface area contributed by atoms with E-state index in [-0.39, 0.29) is 12.6 Å². The van der Waals surface area contributed by atoms with E-state index in [1.165, 1.54) is 7.11 Å². The first-order valence-electron chi connectivity index (χ1n) is 5.59. The first kappa shape index (κ1) is 14.1. The molecule has 0 atom stereocenters. The fraction of sp³-hybridized carbons (Fsp3) is 0.417. The van der Waals surface area contributed by atoms with Gasteiger partial charge < -0.3 is 25.2 Å². The Morgan fingerprint density at radius 3 is 2.61 bits per heavy atom. The van der Waals surface area contributed by atoms with Crippen LogP contribution in [0.4, 0.5) is 10.5 Å². The maximum atomic E-state index is 11.5. The molecule has 6 nitrogen and oxygen atoms in total. The highest BCUT2D eigenvalue weighted by molar-refractivity contribution is 5.89. The maximum absolute atomic E-state index is 11.5. The Morgan fingerprint density at radius 1 is 1.28 bits per heavy atom. The molecule has 1 aromatic carbocycles. The molecule has 0 aliphatic carbocycles. The van der Waals surface area contributed by atoms with Crippen LogP contribution in [0.25, 0.3) is 0 Å². The Labute approximate surface area is 106 Å². The van der Waals surface area contributed by atoms with Crippen molar-refractivity contribution in [3.05, 3.63) is 18.2 Å². The van der Waals surface area contributed by atoms with Crippen LogP contribution in [0, 0.1) is 0 Å². The summed E-state index contributed by atoms with van der Waals surface area (Å²) < 4.78 is 10.2. The van der Waals surface area contributed by atoms with Crippen LogP contribution < -0.4 is 20.1 Å². The zero-order valence-corrected chi connectivity index (χ0v) is 10.5. The van der Waals surface area contributed by atoms with E-state index in [2.05, 4.69) is 10.6 Å². The van der Waals surface area contributed by atoms with E-state index >= 15 is 0 Å². The standard InChI is InChI=1S/C12H18N2O4/c1-17-10-5-4-9(8-11(10)18-2)14-12(16)13-6-3-7-15/h4-5,8,15H,3,6-7H2,1-2H3,(H2,13,14,16). The van der Waals surface area contributed by atoms with Crippen molar-refractivity contribution in [3.8, 4) is 11.5 Å². The third-order valence-corrected chi connectivity index (χ3v) is 2.26. The van der Waals surface area contributed by atoms with Gasteiger partial charge in [0.2, 0.25) is 0 Å². The second-order valence-corrected chi connectivity index (χ2v) is 3.53. The third-order valence-electron chi connectivity index (χ3n) is 2.26. The summed E-state index contributed by atoms with van der Waals surface area (Å²) in [6, 6.07) is 4.77. The van der Waals surface area contributed by atoms with E-state index in [9.17, 15) is 4.79 Å². The van der Waals surface area contributed by atoms with Crippen molar-refractivity contribution in [2.24, 2.45) is 0 Å². The van der Waals surface area contributed by atoms with E-state index in [4.69, 9.17) is 14.6 Å². The van der Waals surface area contributed by atoms with Crippen LogP contribution in [-0.2, 0) is 0 Å². The number of anilines is 1. The number of nitrogens with one attached hydrogen (secondary N) is 2. The quantitative estimate of drug-likeness (QED) is 0.667. The van der Waals surface area contributed by atoms with Gasteiger partial charge in [-0.25, -0.2) is 4.79 Å². The number of hydrogen-bond acceptors (Lipinski definition) is 4. The lowest BCUT2D eigenvalue weighted by Gasteiger charge is -2.11. The third kappa shape index (κ3) is 4.14. The number of ether oxygens (including phenoxy) is 2. The number of hydrogen-bond donors (Lipinski definition) is 3. The molecule has 2 amide bonds. The summed E-state index contributed by atoms with van der Waals surface area (Å²) in [6.45, 7) is 0.478. The lowest BCUT2D eigenvalue weighted by molar-refractivity contribution is 0.249. The minimum absolute atomic E-state index is 0.0522. The molecule has 0 saturated carbocycles. The van der Waals surface area contributed by atoms with Gasteiger partial charge in [0.05, 0.1) is 14.2 Å². The smallest absolute Gasteiger partial charge is 0.319 e. The lowest BCUT2D eigenvalue weighted by Crippen LogP contribution is -2.29. The number of aliphatic hydroxyl groups excluding tert-OH is 1. The minimum atomic E-state index is -0.323. The number of benzene rings is 1. The number of carbonyl (C=O) groups is 1. The maximum Gasteiger partial charge on any atom is 0.319 e. The highest BCUT2D eigenvalue weighted by atomic mass is 16.5. The topological polar surface area (TPSA) is 79.8 Å². The first-order chi connectivity index (χ1) is 8.71. The summed E-state index contributed by atoms with van der Waals surface area (Å²) in [4.78, 5) is 11.5. The Morgan fingerprint density at radius 2 is 2.00 bits per heavy atom. The number of rotatable bonds is 6. The Hall–Kier alpha value is -1.95. The second kappa shape index (κ2) is 7.39. The molecule has 6 heteroatoms. The number of methoxy groups -OCH3 is 2. The summed E-state index contributed by atoms with van der Waals surface area (Å²) in [6.07, 6.45) is 0.527. The summed E-state index contributed by atoms with van der Waals surface area (Å²) >= 11 is 0. The van der Waals surface area contributed by atoms with Crippen LogP contribution in [0.5, 0.6) is 11.5 Å². The van der Waals surface area contributed by atoms with Crippen LogP contribution in [-0.4, -0.2) is 38.5 Å². The number of aliphatic hydroxyl groups is 1. The monoisotopic (exact) mass is 254 g/mol.